The molecule has 2 rings (SSSR count). The Morgan fingerprint density at radius 2 is 2.11 bits per heavy atom. The molecule has 1 aromatic rings. The Morgan fingerprint density at radius 1 is 1.37 bits per heavy atom. The smallest absolute Gasteiger partial charge is 0.248 e. The minimum atomic E-state index is -0.422. The Labute approximate surface area is 114 Å². The third-order valence-corrected chi connectivity index (χ3v) is 4.18. The van der Waals surface area contributed by atoms with Crippen LogP contribution in [-0.2, 0) is 0 Å². The van der Waals surface area contributed by atoms with E-state index in [4.69, 9.17) is 11.5 Å². The predicted molar refractivity (Wildman–Crippen MR) is 79.0 cm³/mol. The fraction of sp³-hybridized carbons (Fsp3) is 0.533. The molecule has 5 N–H and O–H groups in total. The molecule has 1 aromatic carbocycles. The highest BCUT2D eigenvalue weighted by molar-refractivity contribution is 5.94. The lowest BCUT2D eigenvalue weighted by atomic mass is 9.80. The first-order chi connectivity index (χ1) is 9.08. The van der Waals surface area contributed by atoms with Crippen LogP contribution >= 0.6 is 0 Å². The zero-order chi connectivity index (χ0) is 13.8. The van der Waals surface area contributed by atoms with Crippen LogP contribution in [0.1, 0.15) is 43.0 Å². The van der Waals surface area contributed by atoms with E-state index in [0.717, 1.165) is 18.2 Å². The number of hydrogen-bond acceptors (Lipinski definition) is 3. The number of nitrogen functional groups attached to an aromatic ring is 1. The van der Waals surface area contributed by atoms with Gasteiger partial charge in [-0.3, -0.25) is 4.79 Å². The zero-order valence-electron chi connectivity index (χ0n) is 11.5. The fourth-order valence-corrected chi connectivity index (χ4v) is 2.80. The first-order valence-electron chi connectivity index (χ1n) is 7.01. The van der Waals surface area contributed by atoms with Crippen LogP contribution in [0, 0.1) is 11.8 Å². The number of carbonyl (C=O) groups excluding carboxylic acids is 1. The molecule has 1 aliphatic rings. The summed E-state index contributed by atoms with van der Waals surface area (Å²) in [5.41, 5.74) is 13.2. The van der Waals surface area contributed by atoms with E-state index in [1.54, 1.807) is 18.2 Å². The molecule has 1 aliphatic carbocycles. The van der Waals surface area contributed by atoms with Gasteiger partial charge in [-0.25, -0.2) is 0 Å². The number of anilines is 2. The topological polar surface area (TPSA) is 81.1 Å². The normalized spacial score (nSPS) is 23.0. The Bertz CT molecular complexity index is 459. The zero-order valence-corrected chi connectivity index (χ0v) is 11.5. The van der Waals surface area contributed by atoms with Crippen molar-refractivity contribution >= 4 is 17.3 Å². The summed E-state index contributed by atoms with van der Waals surface area (Å²) in [6.07, 6.45) is 5.23. The third-order valence-electron chi connectivity index (χ3n) is 4.18. The second kappa shape index (κ2) is 5.95. The van der Waals surface area contributed by atoms with Crippen LogP contribution in [0.3, 0.4) is 0 Å². The van der Waals surface area contributed by atoms with Crippen molar-refractivity contribution in [1.29, 1.82) is 0 Å². The van der Waals surface area contributed by atoms with Crippen LogP contribution in [0.25, 0.3) is 0 Å². The van der Waals surface area contributed by atoms with Gasteiger partial charge in [-0.15, -0.1) is 0 Å². The van der Waals surface area contributed by atoms with Gasteiger partial charge in [0.2, 0.25) is 5.91 Å². The predicted octanol–water partition coefficient (Wildman–Crippen LogP) is 2.61. The van der Waals surface area contributed by atoms with Crippen LogP contribution < -0.4 is 16.8 Å². The first kappa shape index (κ1) is 13.7. The Kier molecular flexibility index (Phi) is 4.30. The molecular formula is C15H23N3O. The Hall–Kier alpha value is -1.71. The molecule has 19 heavy (non-hydrogen) atoms. The minimum absolute atomic E-state index is 0.422. The third kappa shape index (κ3) is 3.40. The highest BCUT2D eigenvalue weighted by Crippen LogP contribution is 2.30. The molecule has 0 spiro atoms. The second-order valence-electron chi connectivity index (χ2n) is 5.57. The van der Waals surface area contributed by atoms with Crippen molar-refractivity contribution in [2.24, 2.45) is 17.6 Å². The standard InChI is InChI=1S/C15H23N3O/c1-10-4-2-3-5-12(10)9-18-14-8-11(15(17)19)6-7-13(14)16/h6-8,10,12,18H,2-5,9,16H2,1H3,(H2,17,19). The summed E-state index contributed by atoms with van der Waals surface area (Å²) in [5, 5.41) is 3.38. The molecule has 0 radical (unpaired) electrons. The van der Waals surface area contributed by atoms with Crippen LogP contribution in [0.4, 0.5) is 11.4 Å². The van der Waals surface area contributed by atoms with Gasteiger partial charge in [0.15, 0.2) is 0 Å². The number of primary amides is 1. The first-order valence-corrected chi connectivity index (χ1v) is 7.01. The highest BCUT2D eigenvalue weighted by Gasteiger charge is 2.21. The number of carbonyl (C=O) groups is 1. The van der Waals surface area contributed by atoms with Crippen LogP contribution in [0.2, 0.25) is 0 Å². The van der Waals surface area contributed by atoms with Crippen molar-refractivity contribution in [1.82, 2.24) is 0 Å². The Morgan fingerprint density at radius 3 is 2.79 bits per heavy atom. The van der Waals surface area contributed by atoms with Gasteiger partial charge in [-0.1, -0.05) is 26.2 Å². The van der Waals surface area contributed by atoms with E-state index < -0.39 is 5.91 Å². The van der Waals surface area contributed by atoms with Crippen molar-refractivity contribution in [2.75, 3.05) is 17.6 Å². The number of benzene rings is 1. The average Bonchev–Trinajstić information content (AvgIpc) is 2.39. The van der Waals surface area contributed by atoms with Gasteiger partial charge in [0.05, 0.1) is 11.4 Å². The second-order valence-corrected chi connectivity index (χ2v) is 5.57. The Balaban J connectivity index is 2.02. The van der Waals surface area contributed by atoms with Crippen molar-refractivity contribution in [3.63, 3.8) is 0 Å². The highest BCUT2D eigenvalue weighted by atomic mass is 16.1. The largest absolute Gasteiger partial charge is 0.397 e. The molecule has 2 atom stereocenters. The van der Waals surface area contributed by atoms with Crippen molar-refractivity contribution < 1.29 is 4.79 Å². The lowest BCUT2D eigenvalue weighted by molar-refractivity contribution is 0.100. The van der Waals surface area contributed by atoms with Gasteiger partial charge in [0.1, 0.15) is 0 Å². The van der Waals surface area contributed by atoms with E-state index in [0.29, 0.717) is 17.2 Å². The number of rotatable bonds is 4. The summed E-state index contributed by atoms with van der Waals surface area (Å²) in [6, 6.07) is 5.13. The molecule has 2 unspecified atom stereocenters. The molecule has 0 bridgehead atoms. The molecule has 0 saturated heterocycles. The van der Waals surface area contributed by atoms with Crippen LogP contribution in [0.5, 0.6) is 0 Å². The fourth-order valence-electron chi connectivity index (χ4n) is 2.80. The van der Waals surface area contributed by atoms with Crippen LogP contribution in [-0.4, -0.2) is 12.5 Å². The summed E-state index contributed by atoms with van der Waals surface area (Å²) in [4.78, 5) is 11.2. The molecule has 1 fully saturated rings. The number of amides is 1. The van der Waals surface area contributed by atoms with Gasteiger partial charge >= 0.3 is 0 Å². The summed E-state index contributed by atoms with van der Waals surface area (Å²) in [7, 11) is 0. The maximum absolute atomic E-state index is 11.2. The van der Waals surface area contributed by atoms with E-state index in [-0.39, 0.29) is 0 Å². The maximum atomic E-state index is 11.2. The minimum Gasteiger partial charge on any atom is -0.397 e. The van der Waals surface area contributed by atoms with E-state index in [9.17, 15) is 4.79 Å². The molecule has 104 valence electrons. The summed E-state index contributed by atoms with van der Waals surface area (Å²) in [6.45, 7) is 3.22. The van der Waals surface area contributed by atoms with E-state index in [1.807, 2.05) is 0 Å². The number of nitrogens with one attached hydrogen (secondary N) is 1. The van der Waals surface area contributed by atoms with Crippen molar-refractivity contribution in [2.45, 2.75) is 32.6 Å². The number of nitrogens with two attached hydrogens (primary N) is 2. The van der Waals surface area contributed by atoms with Gasteiger partial charge < -0.3 is 16.8 Å². The number of hydrogen-bond donors (Lipinski definition) is 3. The summed E-state index contributed by atoms with van der Waals surface area (Å²) >= 11 is 0. The molecule has 0 aromatic heterocycles. The molecule has 1 saturated carbocycles. The lowest BCUT2D eigenvalue weighted by Crippen LogP contribution is -2.24. The average molecular weight is 261 g/mol. The molecule has 4 heteroatoms. The molecule has 1 amide bonds. The molecule has 0 heterocycles. The lowest BCUT2D eigenvalue weighted by Gasteiger charge is -2.29. The van der Waals surface area contributed by atoms with E-state index >= 15 is 0 Å². The summed E-state index contributed by atoms with van der Waals surface area (Å²) < 4.78 is 0. The molecule has 4 nitrogen and oxygen atoms in total. The van der Waals surface area contributed by atoms with Gasteiger partial charge in [0.25, 0.3) is 0 Å². The van der Waals surface area contributed by atoms with Crippen molar-refractivity contribution in [3.8, 4) is 0 Å². The van der Waals surface area contributed by atoms with E-state index in [1.165, 1.54) is 25.7 Å². The van der Waals surface area contributed by atoms with Crippen LogP contribution in [0.15, 0.2) is 18.2 Å². The molecular weight excluding hydrogens is 238 g/mol. The monoisotopic (exact) mass is 261 g/mol. The maximum Gasteiger partial charge on any atom is 0.248 e. The van der Waals surface area contributed by atoms with Gasteiger partial charge in [0, 0.05) is 12.1 Å². The quantitative estimate of drug-likeness (QED) is 0.729. The molecule has 0 aliphatic heterocycles. The van der Waals surface area contributed by atoms with E-state index in [2.05, 4.69) is 12.2 Å². The van der Waals surface area contributed by atoms with Crippen molar-refractivity contribution in [3.05, 3.63) is 23.8 Å². The SMILES string of the molecule is CC1CCCCC1CNc1cc(C(N)=O)ccc1N. The van der Waals surface area contributed by atoms with Gasteiger partial charge in [-0.2, -0.15) is 0 Å². The summed E-state index contributed by atoms with van der Waals surface area (Å²) in [5.74, 6) is 1.02. The van der Waals surface area contributed by atoms with Gasteiger partial charge in [-0.05, 0) is 36.5 Å².